The summed E-state index contributed by atoms with van der Waals surface area (Å²) >= 11 is 7.92. The Kier molecular flexibility index (Phi) is 7.38. The standard InChI is InChI=1S/C23H27ClO4S/c1-14-10-15(2)12-16(11-14)6-8-19-18(20(24)13-21(19)25)5-3-4-17-7-9-22(29-17)28-23(26)27/h6-12,18-21,25H,3-5,13H2,1-2H3,(H,26,27)/t18-,19-,20-,21-/m1/s1. The van der Waals surface area contributed by atoms with Crippen LogP contribution >= 0.6 is 22.9 Å². The molecule has 6 heteroatoms. The Morgan fingerprint density at radius 2 is 2.00 bits per heavy atom. The van der Waals surface area contributed by atoms with Crippen molar-refractivity contribution >= 4 is 35.2 Å². The Morgan fingerprint density at radius 3 is 2.69 bits per heavy atom. The molecule has 1 heterocycles. The molecule has 4 nitrogen and oxygen atoms in total. The Labute approximate surface area is 180 Å². The van der Waals surface area contributed by atoms with E-state index in [0.29, 0.717) is 11.5 Å². The van der Waals surface area contributed by atoms with Gasteiger partial charge in [-0.25, -0.2) is 4.79 Å². The molecule has 29 heavy (non-hydrogen) atoms. The van der Waals surface area contributed by atoms with Crippen LogP contribution in [0, 0.1) is 25.7 Å². The molecule has 1 aromatic carbocycles. The number of carboxylic acid groups (broad SMARTS) is 1. The average Bonchev–Trinajstić information content (AvgIpc) is 3.16. The summed E-state index contributed by atoms with van der Waals surface area (Å²) in [7, 11) is 0. The summed E-state index contributed by atoms with van der Waals surface area (Å²) in [5.41, 5.74) is 3.60. The predicted molar refractivity (Wildman–Crippen MR) is 118 cm³/mol. The predicted octanol–water partition coefficient (Wildman–Crippen LogP) is 6.06. The lowest BCUT2D eigenvalue weighted by Gasteiger charge is -2.20. The van der Waals surface area contributed by atoms with Crippen molar-refractivity contribution in [3.8, 4) is 5.06 Å². The highest BCUT2D eigenvalue weighted by Crippen LogP contribution is 2.40. The lowest BCUT2D eigenvalue weighted by atomic mass is 9.89. The van der Waals surface area contributed by atoms with Gasteiger partial charge in [0.25, 0.3) is 0 Å². The minimum absolute atomic E-state index is 0.0341. The number of alkyl halides is 1. The molecule has 1 aliphatic rings. The number of ether oxygens (including phenoxy) is 1. The van der Waals surface area contributed by atoms with Gasteiger partial charge in [-0.05, 0) is 63.1 Å². The first-order valence-corrected chi connectivity index (χ1v) is 11.1. The highest BCUT2D eigenvalue weighted by atomic mass is 35.5. The molecule has 1 saturated carbocycles. The molecule has 2 N–H and O–H groups in total. The van der Waals surface area contributed by atoms with Crippen molar-refractivity contribution < 1.29 is 19.7 Å². The molecule has 1 aliphatic carbocycles. The highest BCUT2D eigenvalue weighted by Gasteiger charge is 2.39. The summed E-state index contributed by atoms with van der Waals surface area (Å²) in [6.07, 6.45) is 5.83. The van der Waals surface area contributed by atoms with Crippen molar-refractivity contribution in [2.45, 2.75) is 51.0 Å². The summed E-state index contributed by atoms with van der Waals surface area (Å²) in [4.78, 5) is 11.7. The van der Waals surface area contributed by atoms with Crippen LogP contribution in [0.2, 0.25) is 0 Å². The quantitative estimate of drug-likeness (QED) is 0.410. The first-order chi connectivity index (χ1) is 13.8. The van der Waals surface area contributed by atoms with Gasteiger partial charge >= 0.3 is 6.16 Å². The molecule has 0 saturated heterocycles. The summed E-state index contributed by atoms with van der Waals surface area (Å²) in [5, 5.41) is 19.6. The number of aryl methyl sites for hydroxylation is 3. The number of hydrogen-bond donors (Lipinski definition) is 2. The van der Waals surface area contributed by atoms with Gasteiger partial charge in [-0.2, -0.15) is 0 Å². The van der Waals surface area contributed by atoms with E-state index in [0.717, 1.165) is 29.7 Å². The number of aliphatic hydroxyl groups is 1. The van der Waals surface area contributed by atoms with E-state index in [4.69, 9.17) is 16.7 Å². The molecule has 0 aliphatic heterocycles. The van der Waals surface area contributed by atoms with Gasteiger partial charge in [-0.1, -0.05) is 41.5 Å². The van der Waals surface area contributed by atoms with Crippen LogP contribution in [0.5, 0.6) is 5.06 Å². The van der Waals surface area contributed by atoms with E-state index < -0.39 is 12.3 Å². The van der Waals surface area contributed by atoms with Gasteiger partial charge in [0.05, 0.1) is 6.10 Å². The Bertz CT molecular complexity index is 855. The maximum atomic E-state index is 10.6. The smallest absolute Gasteiger partial charge is 0.449 e. The molecule has 0 amide bonds. The highest BCUT2D eigenvalue weighted by molar-refractivity contribution is 7.13. The molecular formula is C23H27ClO4S. The van der Waals surface area contributed by atoms with Gasteiger partial charge in [-0.15, -0.1) is 22.9 Å². The number of hydrogen-bond acceptors (Lipinski definition) is 4. The van der Waals surface area contributed by atoms with Gasteiger partial charge in [0.1, 0.15) is 0 Å². The first kappa shape index (κ1) is 21.9. The number of thiophene rings is 1. The monoisotopic (exact) mass is 434 g/mol. The molecule has 4 atom stereocenters. The second-order valence-corrected chi connectivity index (χ2v) is 9.51. The van der Waals surface area contributed by atoms with E-state index >= 15 is 0 Å². The lowest BCUT2D eigenvalue weighted by Crippen LogP contribution is -2.18. The molecule has 2 aromatic rings. The van der Waals surface area contributed by atoms with E-state index in [1.165, 1.54) is 22.5 Å². The minimum atomic E-state index is -1.29. The van der Waals surface area contributed by atoms with E-state index in [1.807, 2.05) is 6.07 Å². The van der Waals surface area contributed by atoms with Crippen LogP contribution in [0.4, 0.5) is 4.79 Å². The van der Waals surface area contributed by atoms with Crippen LogP contribution in [0.1, 0.15) is 40.8 Å². The topological polar surface area (TPSA) is 66.8 Å². The van der Waals surface area contributed by atoms with Crippen LogP contribution in [0.3, 0.4) is 0 Å². The normalized spacial score (nSPS) is 24.3. The molecule has 0 spiro atoms. The van der Waals surface area contributed by atoms with Gasteiger partial charge in [0, 0.05) is 16.2 Å². The van der Waals surface area contributed by atoms with E-state index in [-0.39, 0.29) is 17.2 Å². The molecular weight excluding hydrogens is 408 g/mol. The fourth-order valence-electron chi connectivity index (χ4n) is 4.21. The fraction of sp³-hybridized carbons (Fsp3) is 0.435. The first-order valence-electron chi connectivity index (χ1n) is 9.90. The van der Waals surface area contributed by atoms with Gasteiger partial charge < -0.3 is 14.9 Å². The lowest BCUT2D eigenvalue weighted by molar-refractivity contribution is 0.140. The van der Waals surface area contributed by atoms with Crippen LogP contribution in [-0.2, 0) is 6.42 Å². The van der Waals surface area contributed by atoms with Crippen LogP contribution in [0.15, 0.2) is 36.4 Å². The number of aliphatic hydroxyl groups excluding tert-OH is 1. The van der Waals surface area contributed by atoms with Gasteiger partial charge in [0.15, 0.2) is 5.06 Å². The second kappa shape index (κ2) is 9.79. The molecule has 1 fully saturated rings. The van der Waals surface area contributed by atoms with Crippen molar-refractivity contribution in [1.82, 2.24) is 0 Å². The van der Waals surface area contributed by atoms with Crippen molar-refractivity contribution in [3.05, 3.63) is 58.0 Å². The third kappa shape index (κ3) is 6.08. The number of rotatable bonds is 7. The van der Waals surface area contributed by atoms with Crippen LogP contribution in [0.25, 0.3) is 6.08 Å². The number of carbonyl (C=O) groups is 1. The van der Waals surface area contributed by atoms with Crippen LogP contribution in [-0.4, -0.2) is 27.8 Å². The maximum absolute atomic E-state index is 10.6. The van der Waals surface area contributed by atoms with Crippen molar-refractivity contribution in [2.75, 3.05) is 0 Å². The summed E-state index contributed by atoms with van der Waals surface area (Å²) in [6.45, 7) is 4.17. The SMILES string of the molecule is Cc1cc(C)cc(C=C[C@@H]2[C@@H](CCCc3ccc(OC(=O)O)s3)[C@H](Cl)C[C@H]2O)c1. The van der Waals surface area contributed by atoms with Gasteiger partial charge in [-0.3, -0.25) is 0 Å². The third-order valence-electron chi connectivity index (χ3n) is 5.41. The average molecular weight is 435 g/mol. The minimum Gasteiger partial charge on any atom is -0.449 e. The van der Waals surface area contributed by atoms with Crippen molar-refractivity contribution in [1.29, 1.82) is 0 Å². The Hall–Kier alpha value is -1.82. The Balaban J connectivity index is 1.60. The molecule has 0 unspecified atom stereocenters. The molecule has 0 radical (unpaired) electrons. The molecule has 156 valence electrons. The van der Waals surface area contributed by atoms with Crippen molar-refractivity contribution in [3.63, 3.8) is 0 Å². The maximum Gasteiger partial charge on any atom is 0.512 e. The van der Waals surface area contributed by atoms with Crippen LogP contribution < -0.4 is 4.74 Å². The number of benzene rings is 1. The summed E-state index contributed by atoms with van der Waals surface area (Å²) in [6, 6.07) is 10.0. The molecule has 1 aromatic heterocycles. The fourth-order valence-corrected chi connectivity index (χ4v) is 5.57. The Morgan fingerprint density at radius 1 is 1.28 bits per heavy atom. The van der Waals surface area contributed by atoms with E-state index in [9.17, 15) is 9.90 Å². The summed E-state index contributed by atoms with van der Waals surface area (Å²) < 4.78 is 4.69. The molecule has 3 rings (SSSR count). The zero-order chi connectivity index (χ0) is 21.0. The van der Waals surface area contributed by atoms with E-state index in [2.05, 4.69) is 48.9 Å². The number of halogens is 1. The van der Waals surface area contributed by atoms with Crippen molar-refractivity contribution in [2.24, 2.45) is 11.8 Å². The second-order valence-electron chi connectivity index (χ2n) is 7.82. The van der Waals surface area contributed by atoms with Gasteiger partial charge in [0.2, 0.25) is 0 Å². The largest absolute Gasteiger partial charge is 0.512 e. The zero-order valence-corrected chi connectivity index (χ0v) is 18.2. The van der Waals surface area contributed by atoms with E-state index in [1.54, 1.807) is 6.07 Å². The summed E-state index contributed by atoms with van der Waals surface area (Å²) in [5.74, 6) is 0.274. The molecule has 0 bridgehead atoms. The third-order valence-corrected chi connectivity index (χ3v) is 6.94. The zero-order valence-electron chi connectivity index (χ0n) is 16.7.